The van der Waals surface area contributed by atoms with E-state index in [0.29, 0.717) is 11.0 Å². The summed E-state index contributed by atoms with van der Waals surface area (Å²) in [5.41, 5.74) is 0. The van der Waals surface area contributed by atoms with Crippen molar-refractivity contribution in [2.75, 3.05) is 27.7 Å². The van der Waals surface area contributed by atoms with Crippen molar-refractivity contribution in [3.63, 3.8) is 0 Å². The van der Waals surface area contributed by atoms with Gasteiger partial charge in [-0.3, -0.25) is 4.79 Å². The number of likely N-dealkylation sites (N-methyl/N-ethyl adjacent to an activating group) is 1. The number of quaternary nitrogens is 1. The van der Waals surface area contributed by atoms with Gasteiger partial charge in [-0.05, 0) is 12.8 Å². The molecule has 0 aromatic heterocycles. The number of allylic oxidation sites excluding steroid dienone is 5. The van der Waals surface area contributed by atoms with Crippen LogP contribution in [0.15, 0.2) is 36.5 Å². The number of aliphatic carboxylic acids is 1. The third kappa shape index (κ3) is 17.0. The third-order valence-electron chi connectivity index (χ3n) is 3.56. The van der Waals surface area contributed by atoms with Crippen LogP contribution in [0, 0.1) is 0 Å². The van der Waals surface area contributed by atoms with Gasteiger partial charge in [0.15, 0.2) is 6.10 Å². The highest BCUT2D eigenvalue weighted by Crippen LogP contribution is 2.06. The molecule has 0 saturated carbocycles. The number of esters is 1. The Kier molecular flexibility index (Phi) is 13.3. The van der Waals surface area contributed by atoms with Crippen LogP contribution in [0.4, 0.5) is 0 Å². The molecule has 0 rings (SSSR count). The molecule has 26 heavy (non-hydrogen) atoms. The molecule has 0 aliphatic rings. The van der Waals surface area contributed by atoms with E-state index in [0.717, 1.165) is 6.42 Å². The summed E-state index contributed by atoms with van der Waals surface area (Å²) in [5.74, 6) is -1.64. The summed E-state index contributed by atoms with van der Waals surface area (Å²) in [6.07, 6.45) is 16.7. The van der Waals surface area contributed by atoms with Crippen molar-refractivity contribution in [3.05, 3.63) is 36.5 Å². The molecule has 1 unspecified atom stereocenters. The van der Waals surface area contributed by atoms with Crippen LogP contribution in [0.1, 0.15) is 51.9 Å². The van der Waals surface area contributed by atoms with E-state index in [1.54, 1.807) is 12.2 Å². The van der Waals surface area contributed by atoms with E-state index in [1.807, 2.05) is 39.4 Å². The summed E-state index contributed by atoms with van der Waals surface area (Å²) in [6.45, 7) is 2.63. The Morgan fingerprint density at radius 2 is 1.65 bits per heavy atom. The molecule has 0 aromatic rings. The molecule has 0 aliphatic carbocycles. The number of hydrogen-bond acceptors (Lipinski definition) is 4. The van der Waals surface area contributed by atoms with Gasteiger partial charge in [0.25, 0.3) is 0 Å². The Morgan fingerprint density at radius 1 is 1.00 bits per heavy atom. The van der Waals surface area contributed by atoms with Crippen LogP contribution in [0.3, 0.4) is 0 Å². The first-order valence-electron chi connectivity index (χ1n) is 9.42. The summed E-state index contributed by atoms with van der Waals surface area (Å²) >= 11 is 0. The molecule has 148 valence electrons. The van der Waals surface area contributed by atoms with Crippen LogP contribution in [-0.4, -0.2) is 50.2 Å². The zero-order valence-corrected chi connectivity index (χ0v) is 16.8. The molecule has 0 aliphatic heterocycles. The van der Waals surface area contributed by atoms with Crippen LogP contribution in [-0.2, 0) is 14.3 Å². The Bertz CT molecular complexity index is 487. The highest BCUT2D eigenvalue weighted by molar-refractivity contribution is 5.72. The first-order chi connectivity index (χ1) is 12.2. The van der Waals surface area contributed by atoms with Gasteiger partial charge < -0.3 is 19.1 Å². The van der Waals surface area contributed by atoms with Crippen molar-refractivity contribution in [2.24, 2.45) is 0 Å². The van der Waals surface area contributed by atoms with E-state index < -0.39 is 18.0 Å². The molecular formula is C21H35NO4. The molecule has 0 fully saturated rings. The lowest BCUT2D eigenvalue weighted by Crippen LogP contribution is -2.45. The van der Waals surface area contributed by atoms with Crippen LogP contribution < -0.4 is 5.11 Å². The Morgan fingerprint density at radius 3 is 2.23 bits per heavy atom. The predicted octanol–water partition coefficient (Wildman–Crippen LogP) is 2.77. The van der Waals surface area contributed by atoms with Gasteiger partial charge in [0.05, 0.1) is 27.6 Å². The van der Waals surface area contributed by atoms with Crippen LogP contribution in [0.25, 0.3) is 0 Å². The minimum Gasteiger partial charge on any atom is -0.550 e. The van der Waals surface area contributed by atoms with Gasteiger partial charge >= 0.3 is 5.97 Å². The summed E-state index contributed by atoms with van der Waals surface area (Å²) in [7, 11) is 5.74. The summed E-state index contributed by atoms with van der Waals surface area (Å²) in [4.78, 5) is 22.6. The van der Waals surface area contributed by atoms with Crippen molar-refractivity contribution in [1.82, 2.24) is 0 Å². The predicted molar refractivity (Wildman–Crippen MR) is 103 cm³/mol. The molecule has 0 amide bonds. The summed E-state index contributed by atoms with van der Waals surface area (Å²) < 4.78 is 5.77. The van der Waals surface area contributed by atoms with E-state index in [4.69, 9.17) is 4.74 Å². The Balaban J connectivity index is 4.13. The topological polar surface area (TPSA) is 66.4 Å². The lowest BCUT2D eigenvalue weighted by Gasteiger charge is -2.29. The van der Waals surface area contributed by atoms with Gasteiger partial charge in [-0.15, -0.1) is 0 Å². The second-order valence-corrected chi connectivity index (χ2v) is 7.46. The number of unbranched alkanes of at least 4 members (excludes halogenated alkanes) is 4. The van der Waals surface area contributed by atoms with E-state index in [-0.39, 0.29) is 12.8 Å². The van der Waals surface area contributed by atoms with Crippen LogP contribution in [0.2, 0.25) is 0 Å². The van der Waals surface area contributed by atoms with Gasteiger partial charge in [-0.1, -0.05) is 62.6 Å². The van der Waals surface area contributed by atoms with E-state index >= 15 is 0 Å². The molecule has 0 N–H and O–H groups in total. The number of carbonyl (C=O) groups is 2. The van der Waals surface area contributed by atoms with Crippen molar-refractivity contribution < 1.29 is 23.9 Å². The number of carboxylic acids is 1. The van der Waals surface area contributed by atoms with Gasteiger partial charge in [0.2, 0.25) is 0 Å². The second kappa shape index (κ2) is 14.3. The highest BCUT2D eigenvalue weighted by atomic mass is 16.5. The number of hydrogen-bond donors (Lipinski definition) is 0. The quantitative estimate of drug-likeness (QED) is 0.205. The smallest absolute Gasteiger partial charge is 0.310 e. The minimum atomic E-state index is -1.21. The first kappa shape index (κ1) is 24.1. The van der Waals surface area contributed by atoms with Crippen molar-refractivity contribution in [3.8, 4) is 0 Å². The number of carboxylic acid groups (broad SMARTS) is 1. The number of rotatable bonds is 14. The largest absolute Gasteiger partial charge is 0.550 e. The second-order valence-electron chi connectivity index (χ2n) is 7.46. The van der Waals surface area contributed by atoms with Crippen LogP contribution in [0.5, 0.6) is 0 Å². The van der Waals surface area contributed by atoms with Crippen LogP contribution >= 0.6 is 0 Å². The fourth-order valence-electron chi connectivity index (χ4n) is 2.41. The lowest BCUT2D eigenvalue weighted by molar-refractivity contribution is -0.873. The molecule has 0 spiro atoms. The lowest BCUT2D eigenvalue weighted by atomic mass is 10.1. The van der Waals surface area contributed by atoms with Crippen molar-refractivity contribution in [2.45, 2.75) is 58.0 Å². The molecule has 0 heterocycles. The Labute approximate surface area is 158 Å². The standard InChI is InChI=1S/C21H35NO4/c1-5-6-7-8-9-10-11-12-13-14-15-16-21(25)26-19(17-20(23)24)18-22(2,3)4/h10-15,19H,5-9,16-18H2,1-4H3/b11-10+,13-12+,15-14+. The minimum absolute atomic E-state index is 0.117. The van der Waals surface area contributed by atoms with Gasteiger partial charge in [-0.2, -0.15) is 0 Å². The van der Waals surface area contributed by atoms with E-state index in [9.17, 15) is 14.7 Å². The molecular weight excluding hydrogens is 330 g/mol. The summed E-state index contributed by atoms with van der Waals surface area (Å²) in [6, 6.07) is 0. The van der Waals surface area contributed by atoms with E-state index in [1.165, 1.54) is 25.7 Å². The monoisotopic (exact) mass is 365 g/mol. The molecule has 5 heteroatoms. The third-order valence-corrected chi connectivity index (χ3v) is 3.56. The van der Waals surface area contributed by atoms with Crippen molar-refractivity contribution >= 4 is 11.9 Å². The average Bonchev–Trinajstić information content (AvgIpc) is 2.50. The van der Waals surface area contributed by atoms with Gasteiger partial charge in [0.1, 0.15) is 6.54 Å². The van der Waals surface area contributed by atoms with Gasteiger partial charge in [-0.25, -0.2) is 0 Å². The number of carbonyl (C=O) groups excluding carboxylic acids is 2. The number of nitrogens with zero attached hydrogens (tertiary/aromatic N) is 1. The molecule has 0 saturated heterocycles. The maximum atomic E-state index is 11.8. The molecule has 5 nitrogen and oxygen atoms in total. The fraction of sp³-hybridized carbons (Fsp3) is 0.619. The fourth-order valence-corrected chi connectivity index (χ4v) is 2.41. The SMILES string of the molecule is CCCCCC/C=C/C=C/C=C/CC(=O)OC(CC(=O)[O-])C[N+](C)(C)C. The Hall–Kier alpha value is -1.88. The number of ether oxygens (including phenoxy) is 1. The maximum absolute atomic E-state index is 11.8. The van der Waals surface area contributed by atoms with Gasteiger partial charge in [0, 0.05) is 12.4 Å². The normalized spacial score (nSPS) is 13.7. The molecule has 0 bridgehead atoms. The van der Waals surface area contributed by atoms with E-state index in [2.05, 4.69) is 13.0 Å². The highest BCUT2D eigenvalue weighted by Gasteiger charge is 2.21. The zero-order chi connectivity index (χ0) is 19.8. The molecule has 0 radical (unpaired) electrons. The first-order valence-corrected chi connectivity index (χ1v) is 9.42. The maximum Gasteiger partial charge on any atom is 0.310 e. The zero-order valence-electron chi connectivity index (χ0n) is 16.8. The molecule has 0 aromatic carbocycles. The summed E-state index contributed by atoms with van der Waals surface area (Å²) in [5, 5.41) is 10.8. The molecule has 1 atom stereocenters. The average molecular weight is 366 g/mol. The van der Waals surface area contributed by atoms with Crippen molar-refractivity contribution in [1.29, 1.82) is 0 Å².